The largest absolute Gasteiger partial charge is 0.416 e. The van der Waals surface area contributed by atoms with E-state index in [4.69, 9.17) is 4.74 Å². The van der Waals surface area contributed by atoms with Crippen LogP contribution < -0.4 is 15.5 Å². The van der Waals surface area contributed by atoms with Gasteiger partial charge in [0.1, 0.15) is 0 Å². The average molecular weight is 563 g/mol. The van der Waals surface area contributed by atoms with E-state index in [1.165, 1.54) is 24.3 Å². The second kappa shape index (κ2) is 11.6. The summed E-state index contributed by atoms with van der Waals surface area (Å²) in [5.74, 6) is -1.41. The highest BCUT2D eigenvalue weighted by Gasteiger charge is 2.34. The van der Waals surface area contributed by atoms with E-state index in [0.29, 0.717) is 53.9 Å². The lowest BCUT2D eigenvalue weighted by atomic mass is 9.85. The number of alkyl halides is 3. The molecule has 1 amide bonds. The number of ketones is 1. The Kier molecular flexibility index (Phi) is 8.50. The number of amides is 1. The first kappa shape index (κ1) is 27.8. The number of allylic oxidation sites excluding steroid dienone is 3. The summed E-state index contributed by atoms with van der Waals surface area (Å²) in [5.41, 5.74) is 1.06. The molecule has 3 heterocycles. The molecule has 0 radical (unpaired) electrons. The van der Waals surface area contributed by atoms with Crippen molar-refractivity contribution in [2.75, 3.05) is 42.3 Å². The highest BCUT2D eigenvalue weighted by atomic mass is 32.2. The van der Waals surface area contributed by atoms with Crippen LogP contribution in [-0.4, -0.2) is 43.7 Å². The standard InChI is InChI=1S/C26H25F3N4O3S2/c1-15-23(16(2)34)24(21-4-3-11-37-21)18(13-30)25(31-15)38-14-22(35)32-19-12-17(26(27,28)29)5-6-20(19)33-7-9-36-10-8-33/h3-6,11-12,24,31H,7-10,14H2,1-2H3,(H,32,35)/t24-/m1/s1. The average Bonchev–Trinajstić information content (AvgIpc) is 3.41. The summed E-state index contributed by atoms with van der Waals surface area (Å²) in [6.45, 7) is 5.02. The van der Waals surface area contributed by atoms with Crippen molar-refractivity contribution in [1.29, 1.82) is 5.26 Å². The Bertz CT molecular complexity index is 1320. The van der Waals surface area contributed by atoms with Gasteiger partial charge in [-0.2, -0.15) is 18.4 Å². The van der Waals surface area contributed by atoms with Gasteiger partial charge in [0.15, 0.2) is 5.78 Å². The van der Waals surface area contributed by atoms with Gasteiger partial charge in [0.05, 0.1) is 58.5 Å². The summed E-state index contributed by atoms with van der Waals surface area (Å²) in [6.07, 6.45) is -4.56. The van der Waals surface area contributed by atoms with Crippen molar-refractivity contribution in [3.63, 3.8) is 0 Å². The van der Waals surface area contributed by atoms with E-state index in [-0.39, 0.29) is 17.2 Å². The molecular formula is C26H25F3N4O3S2. The van der Waals surface area contributed by atoms with Crippen molar-refractivity contribution in [2.24, 2.45) is 0 Å². The highest BCUT2D eigenvalue weighted by Crippen LogP contribution is 2.42. The Morgan fingerprint density at radius 3 is 2.63 bits per heavy atom. The molecule has 2 aliphatic rings. The summed E-state index contributed by atoms with van der Waals surface area (Å²) < 4.78 is 45.6. The fourth-order valence-electron chi connectivity index (χ4n) is 4.45. The van der Waals surface area contributed by atoms with Crippen LogP contribution in [0.25, 0.3) is 0 Å². The van der Waals surface area contributed by atoms with Crippen LogP contribution in [0, 0.1) is 11.3 Å². The molecule has 0 spiro atoms. The van der Waals surface area contributed by atoms with Crippen LogP contribution in [0.2, 0.25) is 0 Å². The number of thiophene rings is 1. The molecule has 0 aliphatic carbocycles. The molecule has 1 fully saturated rings. The SMILES string of the molecule is CC(=O)C1=C(C)NC(SCC(=O)Nc2cc(C(F)(F)F)ccc2N2CCOCC2)=C(C#N)[C@@H]1c1cccs1. The van der Waals surface area contributed by atoms with Crippen LogP contribution in [-0.2, 0) is 20.5 Å². The molecule has 12 heteroatoms. The topological polar surface area (TPSA) is 94.5 Å². The minimum Gasteiger partial charge on any atom is -0.378 e. The molecule has 1 aromatic carbocycles. The number of benzene rings is 1. The number of rotatable bonds is 7. The summed E-state index contributed by atoms with van der Waals surface area (Å²) in [7, 11) is 0. The first-order valence-electron chi connectivity index (χ1n) is 11.7. The number of Topliss-reactive ketones (excluding diaryl/α,β-unsaturated/α-hetero) is 1. The smallest absolute Gasteiger partial charge is 0.378 e. The van der Waals surface area contributed by atoms with Crippen molar-refractivity contribution < 1.29 is 27.5 Å². The maximum atomic E-state index is 13.4. The zero-order valence-electron chi connectivity index (χ0n) is 20.6. The first-order valence-corrected chi connectivity index (χ1v) is 13.6. The fraction of sp³-hybridized carbons (Fsp3) is 0.346. The summed E-state index contributed by atoms with van der Waals surface area (Å²) >= 11 is 2.49. The maximum Gasteiger partial charge on any atom is 0.416 e. The third-order valence-corrected chi connectivity index (χ3v) is 8.11. The van der Waals surface area contributed by atoms with Gasteiger partial charge in [-0.15, -0.1) is 11.3 Å². The minimum absolute atomic E-state index is 0.0600. The van der Waals surface area contributed by atoms with Gasteiger partial charge in [0.25, 0.3) is 0 Å². The van der Waals surface area contributed by atoms with E-state index >= 15 is 0 Å². The monoisotopic (exact) mass is 562 g/mol. The molecule has 200 valence electrons. The third-order valence-electron chi connectivity index (χ3n) is 6.15. The molecule has 0 bridgehead atoms. The molecule has 2 aromatic rings. The van der Waals surface area contributed by atoms with E-state index in [1.54, 1.807) is 6.92 Å². The number of thioether (sulfide) groups is 1. The number of halogens is 3. The number of hydrogen-bond donors (Lipinski definition) is 2. The molecular weight excluding hydrogens is 537 g/mol. The van der Waals surface area contributed by atoms with E-state index < -0.39 is 23.6 Å². The molecule has 2 N–H and O–H groups in total. The number of hydrogen-bond acceptors (Lipinski definition) is 8. The molecule has 0 saturated carbocycles. The summed E-state index contributed by atoms with van der Waals surface area (Å²) in [6, 6.07) is 9.17. The van der Waals surface area contributed by atoms with Gasteiger partial charge in [0.2, 0.25) is 5.91 Å². The molecule has 4 rings (SSSR count). The normalized spacial score (nSPS) is 18.2. The van der Waals surface area contributed by atoms with Crippen LogP contribution in [0.15, 0.2) is 57.6 Å². The number of morpholine rings is 1. The Morgan fingerprint density at radius 2 is 2.03 bits per heavy atom. The fourth-order valence-corrected chi connectivity index (χ4v) is 6.18. The highest BCUT2D eigenvalue weighted by molar-refractivity contribution is 8.03. The number of nitrogens with zero attached hydrogens (tertiary/aromatic N) is 2. The van der Waals surface area contributed by atoms with Crippen molar-refractivity contribution in [2.45, 2.75) is 25.9 Å². The number of nitriles is 1. The van der Waals surface area contributed by atoms with Gasteiger partial charge in [-0.05, 0) is 43.5 Å². The van der Waals surface area contributed by atoms with Gasteiger partial charge in [0, 0.05) is 29.2 Å². The van der Waals surface area contributed by atoms with Crippen molar-refractivity contribution >= 4 is 46.2 Å². The van der Waals surface area contributed by atoms with Gasteiger partial charge in [-0.3, -0.25) is 9.59 Å². The van der Waals surface area contributed by atoms with Crippen molar-refractivity contribution in [1.82, 2.24) is 5.32 Å². The number of carbonyl (C=O) groups is 2. The predicted octanol–water partition coefficient (Wildman–Crippen LogP) is 5.26. The number of ether oxygens (including phenoxy) is 1. The molecule has 38 heavy (non-hydrogen) atoms. The first-order chi connectivity index (χ1) is 18.1. The number of anilines is 2. The maximum absolute atomic E-state index is 13.4. The molecule has 0 unspecified atom stereocenters. The number of nitrogens with one attached hydrogen (secondary N) is 2. The van der Waals surface area contributed by atoms with Gasteiger partial charge in [-0.1, -0.05) is 17.8 Å². The van der Waals surface area contributed by atoms with Crippen molar-refractivity contribution in [3.05, 3.63) is 68.0 Å². The summed E-state index contributed by atoms with van der Waals surface area (Å²) in [4.78, 5) is 28.1. The van der Waals surface area contributed by atoms with E-state index in [9.17, 15) is 28.0 Å². The zero-order chi connectivity index (χ0) is 27.4. The van der Waals surface area contributed by atoms with Gasteiger partial charge >= 0.3 is 6.18 Å². The molecule has 1 saturated heterocycles. The Labute approximate surface area is 226 Å². The zero-order valence-corrected chi connectivity index (χ0v) is 22.3. The molecule has 7 nitrogen and oxygen atoms in total. The third kappa shape index (κ3) is 6.06. The number of dihydropyridines is 1. The van der Waals surface area contributed by atoms with Crippen LogP contribution >= 0.6 is 23.1 Å². The Morgan fingerprint density at radius 1 is 1.29 bits per heavy atom. The molecule has 1 aromatic heterocycles. The van der Waals surface area contributed by atoms with E-state index in [1.807, 2.05) is 22.4 Å². The Balaban J connectivity index is 1.57. The number of carbonyl (C=O) groups excluding carboxylic acids is 2. The van der Waals surface area contributed by atoms with Crippen LogP contribution in [0.4, 0.5) is 24.5 Å². The summed E-state index contributed by atoms with van der Waals surface area (Å²) in [5, 5.41) is 18.0. The Hall–Kier alpha value is -3.27. The lowest BCUT2D eigenvalue weighted by molar-refractivity contribution is -0.137. The van der Waals surface area contributed by atoms with Crippen molar-refractivity contribution in [3.8, 4) is 6.07 Å². The van der Waals surface area contributed by atoms with Crippen LogP contribution in [0.5, 0.6) is 0 Å². The van der Waals surface area contributed by atoms with Gasteiger partial charge < -0.3 is 20.3 Å². The van der Waals surface area contributed by atoms with Crippen LogP contribution in [0.1, 0.15) is 30.2 Å². The lowest BCUT2D eigenvalue weighted by Gasteiger charge is -2.31. The second-order valence-electron chi connectivity index (χ2n) is 8.69. The van der Waals surface area contributed by atoms with Crippen LogP contribution in [0.3, 0.4) is 0 Å². The quantitative estimate of drug-likeness (QED) is 0.476. The van der Waals surface area contributed by atoms with E-state index in [2.05, 4.69) is 16.7 Å². The predicted molar refractivity (Wildman–Crippen MR) is 142 cm³/mol. The lowest BCUT2D eigenvalue weighted by Crippen LogP contribution is -2.37. The van der Waals surface area contributed by atoms with E-state index in [0.717, 1.165) is 28.8 Å². The second-order valence-corrected chi connectivity index (χ2v) is 10.7. The molecule has 1 atom stereocenters. The minimum atomic E-state index is -4.56. The van der Waals surface area contributed by atoms with Gasteiger partial charge in [-0.25, -0.2) is 0 Å². The molecule has 2 aliphatic heterocycles.